The smallest absolute Gasteiger partial charge is 0.164 e. The fourth-order valence-corrected chi connectivity index (χ4v) is 9.14. The molecule has 2 aromatic heterocycles. The minimum absolute atomic E-state index is 0.609. The molecular formula is C51H40B7N3O. The predicted octanol–water partition coefficient (Wildman–Crippen LogP) is 1.25. The Morgan fingerprint density at radius 3 is 1.10 bits per heavy atom. The molecule has 10 rings (SSSR count). The lowest BCUT2D eigenvalue weighted by molar-refractivity contribution is 0.675. The fourth-order valence-electron chi connectivity index (χ4n) is 9.14. The molecule has 0 saturated carbocycles. The maximum absolute atomic E-state index is 6.93. The molecule has 0 N–H and O–H groups in total. The molecule has 11 heteroatoms. The van der Waals surface area contributed by atoms with Crippen LogP contribution in [0, 0.1) is 0 Å². The normalized spacial score (nSPS) is 11.4. The SMILES string of the molecule is Bc1c(B)c(B)c2c(oc3c(B)c(-c4cc(-c5ccccc5)cc(-c5nc(-c6ccc(-c7ccccc7)cc6)nc(-c6ccc(-c7ccccc7)cc6)n5)c4)c(B)c(B)c32)c1B. The molecule has 0 aliphatic rings. The maximum Gasteiger partial charge on any atom is 0.164 e. The van der Waals surface area contributed by atoms with Crippen molar-refractivity contribution in [3.05, 3.63) is 158 Å². The van der Waals surface area contributed by atoms with E-state index in [1.807, 2.05) is 12.1 Å². The van der Waals surface area contributed by atoms with Gasteiger partial charge in [0, 0.05) is 27.5 Å². The average Bonchev–Trinajstić information content (AvgIpc) is 3.74. The van der Waals surface area contributed by atoms with Crippen molar-refractivity contribution < 1.29 is 4.42 Å². The Kier molecular flexibility index (Phi) is 9.99. The van der Waals surface area contributed by atoms with Crippen molar-refractivity contribution in [3.8, 4) is 78.7 Å². The lowest BCUT2D eigenvalue weighted by atomic mass is 9.64. The van der Waals surface area contributed by atoms with E-state index in [0.29, 0.717) is 17.5 Å². The van der Waals surface area contributed by atoms with Crippen LogP contribution >= 0.6 is 0 Å². The van der Waals surface area contributed by atoms with Crippen molar-refractivity contribution in [2.45, 2.75) is 0 Å². The third-order valence-corrected chi connectivity index (χ3v) is 13.1. The fraction of sp³-hybridized carbons (Fsp3) is 0. The number of rotatable bonds is 7. The van der Waals surface area contributed by atoms with Crippen LogP contribution in [0.25, 0.3) is 101 Å². The number of furan rings is 1. The molecule has 4 nitrogen and oxygen atoms in total. The minimum Gasteiger partial charge on any atom is -0.457 e. The first-order chi connectivity index (χ1) is 30.1. The molecule has 8 aromatic carbocycles. The molecule has 0 saturated heterocycles. The lowest BCUT2D eigenvalue weighted by Gasteiger charge is -2.18. The van der Waals surface area contributed by atoms with E-state index in [9.17, 15) is 0 Å². The van der Waals surface area contributed by atoms with Gasteiger partial charge in [-0.05, 0) is 68.2 Å². The van der Waals surface area contributed by atoms with Gasteiger partial charge in [0.25, 0.3) is 0 Å². The van der Waals surface area contributed by atoms with Gasteiger partial charge in [0.15, 0.2) is 17.5 Å². The van der Waals surface area contributed by atoms with Crippen molar-refractivity contribution in [3.63, 3.8) is 0 Å². The van der Waals surface area contributed by atoms with Crippen LogP contribution in [-0.2, 0) is 0 Å². The van der Waals surface area contributed by atoms with Crippen LogP contribution < -0.4 is 38.2 Å². The highest BCUT2D eigenvalue weighted by Gasteiger charge is 2.23. The summed E-state index contributed by atoms with van der Waals surface area (Å²) in [5.41, 5.74) is 22.4. The van der Waals surface area contributed by atoms with Gasteiger partial charge >= 0.3 is 0 Å². The first-order valence-electron chi connectivity index (χ1n) is 21.4. The molecule has 10 aromatic rings. The highest BCUT2D eigenvalue weighted by atomic mass is 16.3. The number of nitrogens with zero attached hydrogens (tertiary/aromatic N) is 3. The van der Waals surface area contributed by atoms with Crippen molar-refractivity contribution in [1.82, 2.24) is 15.0 Å². The summed E-state index contributed by atoms with van der Waals surface area (Å²) in [6, 6.07) is 55.2. The summed E-state index contributed by atoms with van der Waals surface area (Å²) in [7, 11) is 15.6. The van der Waals surface area contributed by atoms with E-state index < -0.39 is 0 Å². The molecule has 0 aliphatic carbocycles. The topological polar surface area (TPSA) is 51.8 Å². The number of fused-ring (bicyclic) bond motifs is 3. The first kappa shape index (κ1) is 39.2. The van der Waals surface area contributed by atoms with Crippen molar-refractivity contribution >= 4 is 115 Å². The van der Waals surface area contributed by atoms with E-state index in [4.69, 9.17) is 19.4 Å². The van der Waals surface area contributed by atoms with Crippen molar-refractivity contribution in [2.75, 3.05) is 0 Å². The van der Waals surface area contributed by atoms with Crippen LogP contribution in [-0.4, -0.2) is 69.9 Å². The molecule has 0 spiro atoms. The highest BCUT2D eigenvalue weighted by Crippen LogP contribution is 2.35. The second-order valence-electron chi connectivity index (χ2n) is 16.6. The molecule has 0 bridgehead atoms. The third-order valence-electron chi connectivity index (χ3n) is 13.1. The summed E-state index contributed by atoms with van der Waals surface area (Å²) in [5.74, 6) is 1.84. The van der Waals surface area contributed by atoms with Gasteiger partial charge in [-0.3, -0.25) is 0 Å². The van der Waals surface area contributed by atoms with Gasteiger partial charge < -0.3 is 4.42 Å². The van der Waals surface area contributed by atoms with Crippen LogP contribution in [0.4, 0.5) is 0 Å². The standard InChI is InChI=1S/C51H40B7N3O/c52-40-37(43(55)47-38(41(40)53)39-42(54)44(56)45(57)46(58)48(39)62-47)35-24-34(29-14-8-3-9-15-29)25-36(26-35)51-60-49(32-20-16-30(17-21-32)27-10-4-1-5-11-27)59-50(61-51)33-22-18-31(19-23-33)28-12-6-2-7-13-28/h1-26H,52-58H2. The third kappa shape index (κ3) is 6.82. The van der Waals surface area contributed by atoms with Gasteiger partial charge in [-0.2, -0.15) is 0 Å². The number of benzene rings is 8. The van der Waals surface area contributed by atoms with E-state index in [-0.39, 0.29) is 0 Å². The molecule has 0 amide bonds. The Hall–Kier alpha value is -6.98. The van der Waals surface area contributed by atoms with Gasteiger partial charge in [0.1, 0.15) is 66.1 Å². The molecule has 0 unspecified atom stereocenters. The van der Waals surface area contributed by atoms with Gasteiger partial charge in [-0.25, -0.2) is 15.0 Å². The van der Waals surface area contributed by atoms with E-state index in [0.717, 1.165) is 72.3 Å². The summed E-state index contributed by atoms with van der Waals surface area (Å²) < 4.78 is 6.93. The molecule has 0 radical (unpaired) electrons. The maximum atomic E-state index is 6.93. The monoisotopic (exact) mass is 787 g/mol. The van der Waals surface area contributed by atoms with Crippen molar-refractivity contribution in [1.29, 1.82) is 0 Å². The molecule has 0 aliphatic heterocycles. The average molecular weight is 787 g/mol. The summed E-state index contributed by atoms with van der Waals surface area (Å²) in [4.78, 5) is 15.7. The predicted molar refractivity (Wildman–Crippen MR) is 282 cm³/mol. The molecule has 286 valence electrons. The Bertz CT molecular complexity index is 3240. The Morgan fingerprint density at radius 2 is 0.613 bits per heavy atom. The largest absolute Gasteiger partial charge is 0.457 e. The zero-order valence-corrected chi connectivity index (χ0v) is 36.3. The summed E-state index contributed by atoms with van der Waals surface area (Å²) in [5, 5.41) is 2.44. The first-order valence-corrected chi connectivity index (χ1v) is 21.4. The van der Waals surface area contributed by atoms with Gasteiger partial charge in [-0.1, -0.05) is 167 Å². The second-order valence-corrected chi connectivity index (χ2v) is 16.6. The van der Waals surface area contributed by atoms with Crippen molar-refractivity contribution in [2.24, 2.45) is 0 Å². The number of hydrogen-bond donors (Lipinski definition) is 0. The number of hydrogen-bond acceptors (Lipinski definition) is 4. The van der Waals surface area contributed by atoms with Gasteiger partial charge in [-0.15, -0.1) is 5.46 Å². The van der Waals surface area contributed by atoms with Crippen LogP contribution in [0.15, 0.2) is 162 Å². The Morgan fingerprint density at radius 1 is 0.274 bits per heavy atom. The van der Waals surface area contributed by atoms with Crippen LogP contribution in [0.2, 0.25) is 0 Å². The highest BCUT2D eigenvalue weighted by molar-refractivity contribution is 6.69. The molecule has 0 fully saturated rings. The quantitative estimate of drug-likeness (QED) is 0.229. The van der Waals surface area contributed by atoms with E-state index in [1.165, 1.54) is 49.1 Å². The molecular weight excluding hydrogens is 746 g/mol. The van der Waals surface area contributed by atoms with E-state index >= 15 is 0 Å². The Labute approximate surface area is 369 Å². The summed E-state index contributed by atoms with van der Waals surface area (Å²) in [6.45, 7) is 0. The van der Waals surface area contributed by atoms with E-state index in [2.05, 4.69) is 201 Å². The second kappa shape index (κ2) is 15.8. The Balaban J connectivity index is 1.19. The van der Waals surface area contributed by atoms with Gasteiger partial charge in [0.2, 0.25) is 0 Å². The zero-order chi connectivity index (χ0) is 42.6. The lowest BCUT2D eigenvalue weighted by Crippen LogP contribution is -2.47. The van der Waals surface area contributed by atoms with Gasteiger partial charge in [0.05, 0.1) is 0 Å². The minimum atomic E-state index is 0.609. The van der Waals surface area contributed by atoms with Crippen LogP contribution in [0.5, 0.6) is 0 Å². The zero-order valence-electron chi connectivity index (χ0n) is 36.3. The molecule has 62 heavy (non-hydrogen) atoms. The molecule has 2 heterocycles. The van der Waals surface area contributed by atoms with Crippen LogP contribution in [0.3, 0.4) is 0 Å². The number of aromatic nitrogens is 3. The van der Waals surface area contributed by atoms with Crippen LogP contribution in [0.1, 0.15) is 0 Å². The summed E-state index contributed by atoms with van der Waals surface area (Å²) >= 11 is 0. The molecule has 0 atom stereocenters. The van der Waals surface area contributed by atoms with E-state index in [1.54, 1.807) is 0 Å². The summed E-state index contributed by atoms with van der Waals surface area (Å²) in [6.07, 6.45) is 0.